The Morgan fingerprint density at radius 3 is 2.95 bits per heavy atom. The molecule has 1 heterocycles. The molecule has 4 heteroatoms. The summed E-state index contributed by atoms with van der Waals surface area (Å²) in [6, 6.07) is 7.45. The fourth-order valence-corrected chi connectivity index (χ4v) is 3.21. The van der Waals surface area contributed by atoms with Gasteiger partial charge in [-0.3, -0.25) is 0 Å². The van der Waals surface area contributed by atoms with E-state index in [-0.39, 0.29) is 0 Å². The highest BCUT2D eigenvalue weighted by atomic mass is 79.9. The van der Waals surface area contributed by atoms with Gasteiger partial charge < -0.3 is 15.0 Å². The zero-order chi connectivity index (χ0) is 14.5. The highest BCUT2D eigenvalue weighted by molar-refractivity contribution is 9.10. The first kappa shape index (κ1) is 15.8. The maximum absolute atomic E-state index is 5.63. The van der Waals surface area contributed by atoms with Crippen LogP contribution in [-0.4, -0.2) is 32.3 Å². The number of morpholine rings is 1. The number of ether oxygens (including phenoxy) is 1. The Bertz CT molecular complexity index is 438. The van der Waals surface area contributed by atoms with Crippen LogP contribution >= 0.6 is 15.9 Å². The van der Waals surface area contributed by atoms with Gasteiger partial charge in [0.1, 0.15) is 0 Å². The molecule has 0 aliphatic carbocycles. The van der Waals surface area contributed by atoms with Crippen molar-refractivity contribution in [2.24, 2.45) is 0 Å². The Hall–Kier alpha value is -0.580. The smallest absolute Gasteiger partial charge is 0.0670 e. The minimum absolute atomic E-state index is 0.364. The van der Waals surface area contributed by atoms with Crippen LogP contribution in [0.2, 0.25) is 0 Å². The minimum atomic E-state index is 0.364. The van der Waals surface area contributed by atoms with Gasteiger partial charge in [0.25, 0.3) is 0 Å². The van der Waals surface area contributed by atoms with E-state index >= 15 is 0 Å². The van der Waals surface area contributed by atoms with E-state index in [1.54, 1.807) is 0 Å². The summed E-state index contributed by atoms with van der Waals surface area (Å²) in [5.74, 6) is 0. The van der Waals surface area contributed by atoms with Crippen LogP contribution in [0.3, 0.4) is 0 Å². The van der Waals surface area contributed by atoms with E-state index in [1.165, 1.54) is 11.3 Å². The first-order chi connectivity index (χ1) is 9.67. The molecule has 2 unspecified atom stereocenters. The number of anilines is 1. The zero-order valence-electron chi connectivity index (χ0n) is 12.7. The molecule has 2 rings (SSSR count). The molecule has 0 radical (unpaired) electrons. The number of rotatable bonds is 5. The topological polar surface area (TPSA) is 24.5 Å². The van der Waals surface area contributed by atoms with E-state index in [0.717, 1.165) is 37.2 Å². The summed E-state index contributed by atoms with van der Waals surface area (Å²) in [5, 5.41) is 3.52. The zero-order valence-corrected chi connectivity index (χ0v) is 14.2. The van der Waals surface area contributed by atoms with Crippen molar-refractivity contribution in [1.29, 1.82) is 0 Å². The third-order valence-corrected chi connectivity index (χ3v) is 4.47. The van der Waals surface area contributed by atoms with Crippen LogP contribution in [0.5, 0.6) is 0 Å². The molecule has 1 aliphatic heterocycles. The quantitative estimate of drug-likeness (QED) is 0.883. The van der Waals surface area contributed by atoms with Gasteiger partial charge in [0.05, 0.1) is 19.3 Å². The third-order valence-electron chi connectivity index (χ3n) is 3.98. The first-order valence-electron chi connectivity index (χ1n) is 7.54. The predicted molar refractivity (Wildman–Crippen MR) is 88.5 cm³/mol. The van der Waals surface area contributed by atoms with E-state index in [4.69, 9.17) is 4.74 Å². The van der Waals surface area contributed by atoms with Gasteiger partial charge in [0, 0.05) is 22.7 Å². The number of benzene rings is 1. The molecule has 0 saturated carbocycles. The van der Waals surface area contributed by atoms with Crippen molar-refractivity contribution in [3.63, 3.8) is 0 Å². The lowest BCUT2D eigenvalue weighted by Crippen LogP contribution is -2.45. The Morgan fingerprint density at radius 1 is 1.45 bits per heavy atom. The molecule has 0 bridgehead atoms. The van der Waals surface area contributed by atoms with Crippen LogP contribution in [0.4, 0.5) is 5.69 Å². The Morgan fingerprint density at radius 2 is 2.25 bits per heavy atom. The highest BCUT2D eigenvalue weighted by Gasteiger charge is 2.25. The molecule has 1 saturated heterocycles. The van der Waals surface area contributed by atoms with Crippen molar-refractivity contribution < 1.29 is 4.74 Å². The summed E-state index contributed by atoms with van der Waals surface area (Å²) in [6.07, 6.45) is 1.11. The first-order valence-corrected chi connectivity index (χ1v) is 8.33. The lowest BCUT2D eigenvalue weighted by Gasteiger charge is -2.39. The SMILES string of the molecule is CCNC(C)c1ccc(Br)cc1N1CCOCC1CC. The molecule has 1 fully saturated rings. The summed E-state index contributed by atoms with van der Waals surface area (Å²) in [6.45, 7) is 10.2. The fourth-order valence-electron chi connectivity index (χ4n) is 2.86. The Balaban J connectivity index is 2.34. The van der Waals surface area contributed by atoms with Gasteiger partial charge >= 0.3 is 0 Å². The predicted octanol–water partition coefficient (Wildman–Crippen LogP) is 3.73. The van der Waals surface area contributed by atoms with Crippen LogP contribution in [-0.2, 0) is 4.74 Å². The van der Waals surface area contributed by atoms with Gasteiger partial charge in [0.2, 0.25) is 0 Å². The highest BCUT2D eigenvalue weighted by Crippen LogP contribution is 2.32. The van der Waals surface area contributed by atoms with Crippen LogP contribution in [0.1, 0.15) is 38.8 Å². The summed E-state index contributed by atoms with van der Waals surface area (Å²) >= 11 is 3.61. The number of nitrogens with zero attached hydrogens (tertiary/aromatic N) is 1. The largest absolute Gasteiger partial charge is 0.377 e. The molecule has 1 aromatic carbocycles. The molecule has 0 aromatic heterocycles. The average Bonchev–Trinajstić information content (AvgIpc) is 2.47. The maximum Gasteiger partial charge on any atom is 0.0670 e. The molecule has 1 aliphatic rings. The van der Waals surface area contributed by atoms with Gasteiger partial charge in [0.15, 0.2) is 0 Å². The molecule has 2 atom stereocenters. The molecule has 0 amide bonds. The van der Waals surface area contributed by atoms with Gasteiger partial charge in [-0.2, -0.15) is 0 Å². The Kier molecular flexibility index (Phi) is 5.87. The van der Waals surface area contributed by atoms with Gasteiger partial charge in [-0.15, -0.1) is 0 Å². The average molecular weight is 341 g/mol. The lowest BCUT2D eigenvalue weighted by atomic mass is 10.0. The minimum Gasteiger partial charge on any atom is -0.377 e. The van der Waals surface area contributed by atoms with Crippen molar-refractivity contribution >= 4 is 21.6 Å². The van der Waals surface area contributed by atoms with Crippen LogP contribution < -0.4 is 10.2 Å². The monoisotopic (exact) mass is 340 g/mol. The summed E-state index contributed by atoms with van der Waals surface area (Å²) < 4.78 is 6.77. The summed E-state index contributed by atoms with van der Waals surface area (Å²) in [5.41, 5.74) is 2.71. The summed E-state index contributed by atoms with van der Waals surface area (Å²) in [7, 11) is 0. The molecule has 1 aromatic rings. The van der Waals surface area contributed by atoms with E-state index in [1.807, 2.05) is 0 Å². The molecule has 1 N–H and O–H groups in total. The molecule has 3 nitrogen and oxygen atoms in total. The number of hydrogen-bond donors (Lipinski definition) is 1. The standard InChI is InChI=1S/C16H25BrN2O/c1-4-14-11-20-9-8-19(14)16-10-13(17)6-7-15(16)12(3)18-5-2/h6-7,10,12,14,18H,4-5,8-9,11H2,1-3H3. The fraction of sp³-hybridized carbons (Fsp3) is 0.625. The molecule has 0 spiro atoms. The number of nitrogens with one attached hydrogen (secondary N) is 1. The maximum atomic E-state index is 5.63. The van der Waals surface area contributed by atoms with Crippen molar-refractivity contribution in [2.75, 3.05) is 31.2 Å². The number of halogens is 1. The summed E-state index contributed by atoms with van der Waals surface area (Å²) in [4.78, 5) is 2.51. The van der Waals surface area contributed by atoms with E-state index in [9.17, 15) is 0 Å². The van der Waals surface area contributed by atoms with Crippen LogP contribution in [0.15, 0.2) is 22.7 Å². The van der Waals surface area contributed by atoms with E-state index < -0.39 is 0 Å². The van der Waals surface area contributed by atoms with E-state index in [0.29, 0.717) is 12.1 Å². The third kappa shape index (κ3) is 3.54. The Labute approximate surface area is 130 Å². The van der Waals surface area contributed by atoms with Crippen molar-refractivity contribution in [3.05, 3.63) is 28.2 Å². The van der Waals surface area contributed by atoms with Gasteiger partial charge in [-0.1, -0.05) is 35.8 Å². The van der Waals surface area contributed by atoms with Crippen LogP contribution in [0, 0.1) is 0 Å². The number of hydrogen-bond acceptors (Lipinski definition) is 3. The van der Waals surface area contributed by atoms with Crippen molar-refractivity contribution in [2.45, 2.75) is 39.3 Å². The lowest BCUT2D eigenvalue weighted by molar-refractivity contribution is 0.0928. The van der Waals surface area contributed by atoms with Crippen molar-refractivity contribution in [1.82, 2.24) is 5.32 Å². The van der Waals surface area contributed by atoms with E-state index in [2.05, 4.69) is 65.1 Å². The second-order valence-electron chi connectivity index (χ2n) is 5.31. The second-order valence-corrected chi connectivity index (χ2v) is 6.23. The van der Waals surface area contributed by atoms with Crippen molar-refractivity contribution in [3.8, 4) is 0 Å². The molecule has 112 valence electrons. The molecule has 20 heavy (non-hydrogen) atoms. The molecular weight excluding hydrogens is 316 g/mol. The normalized spacial score (nSPS) is 21.0. The van der Waals surface area contributed by atoms with Gasteiger partial charge in [-0.05, 0) is 37.6 Å². The second kappa shape index (κ2) is 7.43. The van der Waals surface area contributed by atoms with Gasteiger partial charge in [-0.25, -0.2) is 0 Å². The van der Waals surface area contributed by atoms with Crippen LogP contribution in [0.25, 0.3) is 0 Å². The molecular formula is C16H25BrN2O.